The van der Waals surface area contributed by atoms with Crippen LogP contribution in [0.25, 0.3) is 0 Å². The fraction of sp³-hybridized carbons (Fsp3) is 0.842. The molecule has 1 rings (SSSR count). The first-order valence-corrected chi connectivity index (χ1v) is 9.83. The van der Waals surface area contributed by atoms with Crippen LogP contribution in [-0.2, 0) is 23.8 Å². The Labute approximate surface area is 166 Å². The summed E-state index contributed by atoms with van der Waals surface area (Å²) in [5, 5.41) is 14.6. The summed E-state index contributed by atoms with van der Waals surface area (Å²) in [6, 6.07) is -0.292. The van der Waals surface area contributed by atoms with Crippen molar-refractivity contribution in [1.82, 2.24) is 10.6 Å². The largest absolute Gasteiger partial charge is 0.481 e. The molecular weight excluding hydrogens is 368 g/mol. The third-order valence-electron chi connectivity index (χ3n) is 4.19. The maximum Gasteiger partial charge on any atom is 0.407 e. The van der Waals surface area contributed by atoms with Gasteiger partial charge in [0.2, 0.25) is 5.91 Å². The third-order valence-corrected chi connectivity index (χ3v) is 4.19. The van der Waals surface area contributed by atoms with E-state index in [2.05, 4.69) is 10.6 Å². The van der Waals surface area contributed by atoms with Crippen molar-refractivity contribution in [3.8, 4) is 0 Å². The summed E-state index contributed by atoms with van der Waals surface area (Å²) >= 11 is 0. The molecule has 1 aliphatic carbocycles. The number of alkyl carbamates (subject to hydrolysis) is 1. The Morgan fingerprint density at radius 1 is 1.00 bits per heavy atom. The molecule has 1 aliphatic rings. The van der Waals surface area contributed by atoms with Crippen LogP contribution in [-0.4, -0.2) is 67.7 Å². The van der Waals surface area contributed by atoms with Crippen molar-refractivity contribution in [2.75, 3.05) is 33.0 Å². The van der Waals surface area contributed by atoms with Crippen LogP contribution in [0.4, 0.5) is 4.79 Å². The van der Waals surface area contributed by atoms with E-state index < -0.39 is 23.6 Å². The van der Waals surface area contributed by atoms with Gasteiger partial charge in [-0.3, -0.25) is 9.59 Å². The maximum atomic E-state index is 11.9. The number of rotatable bonds is 11. The van der Waals surface area contributed by atoms with Crippen LogP contribution in [0.5, 0.6) is 0 Å². The standard InChI is InChI=1S/C19H34N2O7/c1-19(2,3)28-18(25)20-9-11-27-13-12-26-10-8-16(22)21-15-7-5-4-6-14(15)17(23)24/h14-15H,4-13H2,1-3H3,(H,20,25)(H,21,22)(H,23,24). The average Bonchev–Trinajstić information content (AvgIpc) is 2.59. The number of carbonyl (C=O) groups is 3. The molecule has 9 nitrogen and oxygen atoms in total. The summed E-state index contributed by atoms with van der Waals surface area (Å²) in [6.07, 6.45) is 2.83. The molecule has 0 heterocycles. The minimum atomic E-state index is -0.848. The topological polar surface area (TPSA) is 123 Å². The SMILES string of the molecule is CC(C)(C)OC(=O)NCCOCCOCCC(=O)NC1CCCCC1C(=O)O. The quantitative estimate of drug-likeness (QED) is 0.449. The van der Waals surface area contributed by atoms with E-state index in [4.69, 9.17) is 14.2 Å². The first kappa shape index (κ1) is 24.2. The number of amides is 2. The van der Waals surface area contributed by atoms with Crippen LogP contribution >= 0.6 is 0 Å². The van der Waals surface area contributed by atoms with Crippen LogP contribution in [0, 0.1) is 5.92 Å². The van der Waals surface area contributed by atoms with E-state index in [1.54, 1.807) is 20.8 Å². The number of nitrogens with one attached hydrogen (secondary N) is 2. The van der Waals surface area contributed by atoms with E-state index in [1.807, 2.05) is 0 Å². The van der Waals surface area contributed by atoms with Gasteiger partial charge in [-0.2, -0.15) is 0 Å². The zero-order chi connectivity index (χ0) is 21.0. The zero-order valence-electron chi connectivity index (χ0n) is 17.1. The second-order valence-electron chi connectivity index (χ2n) is 7.81. The van der Waals surface area contributed by atoms with Crippen LogP contribution in [0.3, 0.4) is 0 Å². The van der Waals surface area contributed by atoms with E-state index in [-0.39, 0.29) is 25.0 Å². The Hall–Kier alpha value is -1.87. The summed E-state index contributed by atoms with van der Waals surface area (Å²) in [6.45, 7) is 6.98. The molecule has 3 N–H and O–H groups in total. The van der Waals surface area contributed by atoms with E-state index in [0.29, 0.717) is 39.2 Å². The molecule has 1 fully saturated rings. The number of carboxylic acids is 1. The second kappa shape index (κ2) is 12.6. The van der Waals surface area contributed by atoms with E-state index in [0.717, 1.165) is 12.8 Å². The van der Waals surface area contributed by atoms with Gasteiger partial charge in [-0.15, -0.1) is 0 Å². The molecule has 0 spiro atoms. The zero-order valence-corrected chi connectivity index (χ0v) is 17.1. The molecule has 0 aromatic heterocycles. The number of aliphatic carboxylic acids is 1. The molecule has 0 bridgehead atoms. The summed E-state index contributed by atoms with van der Waals surface area (Å²) in [4.78, 5) is 34.6. The van der Waals surface area contributed by atoms with Crippen molar-refractivity contribution in [2.24, 2.45) is 5.92 Å². The molecule has 2 atom stereocenters. The minimum absolute atomic E-state index is 0.184. The van der Waals surface area contributed by atoms with Gasteiger partial charge in [0.25, 0.3) is 0 Å². The summed E-state index contributed by atoms with van der Waals surface area (Å²) in [7, 11) is 0. The Bertz CT molecular complexity index is 505. The predicted molar refractivity (Wildman–Crippen MR) is 102 cm³/mol. The van der Waals surface area contributed by atoms with Gasteiger partial charge in [0.1, 0.15) is 5.60 Å². The first-order chi connectivity index (χ1) is 13.2. The number of hydrogen-bond acceptors (Lipinski definition) is 6. The predicted octanol–water partition coefficient (Wildman–Crippen LogP) is 1.69. The highest BCUT2D eigenvalue weighted by atomic mass is 16.6. The van der Waals surface area contributed by atoms with Gasteiger partial charge < -0.3 is 30.0 Å². The van der Waals surface area contributed by atoms with Gasteiger partial charge in [-0.05, 0) is 33.6 Å². The number of ether oxygens (including phenoxy) is 3. The maximum absolute atomic E-state index is 11.9. The highest BCUT2D eigenvalue weighted by molar-refractivity contribution is 5.78. The van der Waals surface area contributed by atoms with E-state index in [9.17, 15) is 19.5 Å². The smallest absolute Gasteiger partial charge is 0.407 e. The molecule has 28 heavy (non-hydrogen) atoms. The monoisotopic (exact) mass is 402 g/mol. The molecular formula is C19H34N2O7. The number of carbonyl (C=O) groups excluding carboxylic acids is 2. The lowest BCUT2D eigenvalue weighted by atomic mass is 9.84. The number of hydrogen-bond donors (Lipinski definition) is 3. The van der Waals surface area contributed by atoms with Gasteiger partial charge >= 0.3 is 12.1 Å². The molecule has 162 valence electrons. The summed E-state index contributed by atoms with van der Waals surface area (Å²) in [5.41, 5.74) is -0.531. The molecule has 0 aliphatic heterocycles. The molecule has 2 amide bonds. The normalized spacial score (nSPS) is 19.7. The van der Waals surface area contributed by atoms with Crippen LogP contribution in [0.1, 0.15) is 52.9 Å². The summed E-state index contributed by atoms with van der Waals surface area (Å²) in [5.74, 6) is -1.54. The van der Waals surface area contributed by atoms with Gasteiger partial charge in [0.05, 0.1) is 32.3 Å². The van der Waals surface area contributed by atoms with Crippen molar-refractivity contribution >= 4 is 18.0 Å². The van der Waals surface area contributed by atoms with E-state index in [1.165, 1.54) is 0 Å². The lowest BCUT2D eigenvalue weighted by Gasteiger charge is -2.29. The van der Waals surface area contributed by atoms with Gasteiger partial charge in [-0.25, -0.2) is 4.79 Å². The third kappa shape index (κ3) is 11.1. The fourth-order valence-electron chi connectivity index (χ4n) is 2.90. The van der Waals surface area contributed by atoms with Crippen molar-refractivity contribution < 1.29 is 33.7 Å². The Kier molecular flexibility index (Phi) is 10.8. The van der Waals surface area contributed by atoms with E-state index >= 15 is 0 Å². The highest BCUT2D eigenvalue weighted by Crippen LogP contribution is 2.24. The van der Waals surface area contributed by atoms with Crippen molar-refractivity contribution in [3.63, 3.8) is 0 Å². The lowest BCUT2D eigenvalue weighted by molar-refractivity contribution is -0.144. The summed E-state index contributed by atoms with van der Waals surface area (Å²) < 4.78 is 15.8. The minimum Gasteiger partial charge on any atom is -0.481 e. The molecule has 0 aromatic carbocycles. The van der Waals surface area contributed by atoms with Crippen molar-refractivity contribution in [1.29, 1.82) is 0 Å². The average molecular weight is 402 g/mol. The molecule has 0 aromatic rings. The molecule has 0 saturated heterocycles. The number of carboxylic acid groups (broad SMARTS) is 1. The Morgan fingerprint density at radius 2 is 1.64 bits per heavy atom. The molecule has 0 radical (unpaired) electrons. The van der Waals surface area contributed by atoms with Gasteiger partial charge in [0, 0.05) is 19.0 Å². The Morgan fingerprint density at radius 3 is 2.29 bits per heavy atom. The van der Waals surface area contributed by atoms with Gasteiger partial charge in [0.15, 0.2) is 0 Å². The Balaban J connectivity index is 2.00. The molecule has 9 heteroatoms. The molecule has 1 saturated carbocycles. The van der Waals surface area contributed by atoms with Crippen LogP contribution < -0.4 is 10.6 Å². The fourth-order valence-corrected chi connectivity index (χ4v) is 2.90. The van der Waals surface area contributed by atoms with Crippen molar-refractivity contribution in [3.05, 3.63) is 0 Å². The molecule has 2 unspecified atom stereocenters. The van der Waals surface area contributed by atoms with Crippen molar-refractivity contribution in [2.45, 2.75) is 64.5 Å². The van der Waals surface area contributed by atoms with Crippen LogP contribution in [0.15, 0.2) is 0 Å². The second-order valence-corrected chi connectivity index (χ2v) is 7.81. The van der Waals surface area contributed by atoms with Gasteiger partial charge in [-0.1, -0.05) is 12.8 Å². The highest BCUT2D eigenvalue weighted by Gasteiger charge is 2.31. The lowest BCUT2D eigenvalue weighted by Crippen LogP contribution is -2.45. The first-order valence-electron chi connectivity index (χ1n) is 9.83. The van der Waals surface area contributed by atoms with Crippen LogP contribution in [0.2, 0.25) is 0 Å².